The van der Waals surface area contributed by atoms with Crippen LogP contribution in [0.4, 0.5) is 17.1 Å². The second-order valence-corrected chi connectivity index (χ2v) is 8.60. The molecule has 31 heavy (non-hydrogen) atoms. The van der Waals surface area contributed by atoms with Crippen molar-refractivity contribution < 1.29 is 9.72 Å². The summed E-state index contributed by atoms with van der Waals surface area (Å²) in [5.74, 6) is 0.139. The van der Waals surface area contributed by atoms with E-state index in [4.69, 9.17) is 12.2 Å². The fraction of sp³-hybridized carbons (Fsp3) is 0.391. The summed E-state index contributed by atoms with van der Waals surface area (Å²) < 4.78 is 0. The average molecular weight is 441 g/mol. The van der Waals surface area contributed by atoms with Crippen molar-refractivity contribution in [1.29, 1.82) is 0 Å². The van der Waals surface area contributed by atoms with E-state index in [-0.39, 0.29) is 22.6 Å². The molecule has 3 rings (SSSR count). The molecule has 0 bridgehead atoms. The molecule has 0 saturated heterocycles. The Balaban J connectivity index is 1.80. The lowest BCUT2D eigenvalue weighted by Gasteiger charge is -2.37. The Hall–Kier alpha value is -3.00. The predicted octanol–water partition coefficient (Wildman–Crippen LogP) is 5.35. The maximum absolute atomic E-state index is 13.5. The number of nitro benzene ring substituents is 1. The van der Waals surface area contributed by atoms with Crippen molar-refractivity contribution in [1.82, 2.24) is 5.32 Å². The minimum Gasteiger partial charge on any atom is -0.348 e. The molecule has 0 heterocycles. The molecule has 1 saturated carbocycles. The molecule has 7 nitrogen and oxygen atoms in total. The lowest BCUT2D eigenvalue weighted by Crippen LogP contribution is -2.58. The van der Waals surface area contributed by atoms with E-state index in [0.717, 1.165) is 30.5 Å². The molecule has 1 aliphatic rings. The zero-order valence-corrected chi connectivity index (χ0v) is 18.6. The van der Waals surface area contributed by atoms with E-state index in [2.05, 4.69) is 29.8 Å². The highest BCUT2D eigenvalue weighted by Gasteiger charge is 2.40. The number of benzene rings is 2. The Labute approximate surface area is 187 Å². The molecule has 0 aliphatic heterocycles. The van der Waals surface area contributed by atoms with Crippen LogP contribution in [0.5, 0.6) is 0 Å². The highest BCUT2D eigenvalue weighted by molar-refractivity contribution is 7.80. The summed E-state index contributed by atoms with van der Waals surface area (Å²) >= 11 is 5.46. The molecular formula is C23H28N4O3S. The number of amides is 1. The van der Waals surface area contributed by atoms with Crippen molar-refractivity contribution in [3.8, 4) is 0 Å². The summed E-state index contributed by atoms with van der Waals surface area (Å²) in [5, 5.41) is 20.7. The van der Waals surface area contributed by atoms with Crippen molar-refractivity contribution in [2.45, 2.75) is 57.4 Å². The van der Waals surface area contributed by atoms with Gasteiger partial charge in [0.2, 0.25) is 5.91 Å². The number of carbonyl (C=O) groups excluding carboxylic acids is 1. The van der Waals surface area contributed by atoms with E-state index >= 15 is 0 Å². The number of rotatable bonds is 6. The Morgan fingerprint density at radius 2 is 1.61 bits per heavy atom. The van der Waals surface area contributed by atoms with Gasteiger partial charge in [0.15, 0.2) is 5.11 Å². The molecule has 0 atom stereocenters. The average Bonchev–Trinajstić information content (AvgIpc) is 2.74. The SMILES string of the molecule is CC(C)c1ccccc1NC(=O)C1(NC(=S)Nc2ccccc2[N+](=O)[O-])CCCCC1. The van der Waals surface area contributed by atoms with Crippen LogP contribution in [0, 0.1) is 10.1 Å². The van der Waals surface area contributed by atoms with Gasteiger partial charge in [-0.2, -0.15) is 0 Å². The first-order valence-corrected chi connectivity index (χ1v) is 11.0. The van der Waals surface area contributed by atoms with E-state index in [1.807, 2.05) is 24.3 Å². The fourth-order valence-corrected chi connectivity index (χ4v) is 4.34. The molecule has 0 radical (unpaired) electrons. The zero-order chi connectivity index (χ0) is 22.4. The Morgan fingerprint density at radius 1 is 1.00 bits per heavy atom. The third kappa shape index (κ3) is 5.38. The number of para-hydroxylation sites is 3. The Morgan fingerprint density at radius 3 is 2.26 bits per heavy atom. The molecule has 0 spiro atoms. The molecule has 1 fully saturated rings. The minimum atomic E-state index is -0.865. The van der Waals surface area contributed by atoms with Gasteiger partial charge in [-0.05, 0) is 48.7 Å². The van der Waals surface area contributed by atoms with Crippen molar-refractivity contribution in [3.63, 3.8) is 0 Å². The first-order chi connectivity index (χ1) is 14.8. The maximum Gasteiger partial charge on any atom is 0.292 e. The number of anilines is 2. The van der Waals surface area contributed by atoms with E-state index in [1.165, 1.54) is 6.07 Å². The second-order valence-electron chi connectivity index (χ2n) is 8.19. The largest absolute Gasteiger partial charge is 0.348 e. The molecule has 2 aromatic carbocycles. The van der Waals surface area contributed by atoms with Crippen molar-refractivity contribution >= 4 is 40.3 Å². The van der Waals surface area contributed by atoms with Gasteiger partial charge < -0.3 is 16.0 Å². The van der Waals surface area contributed by atoms with Crippen LogP contribution in [-0.4, -0.2) is 21.5 Å². The Kier molecular flexibility index (Phi) is 7.22. The summed E-state index contributed by atoms with van der Waals surface area (Å²) in [6.07, 6.45) is 4.15. The van der Waals surface area contributed by atoms with Crippen LogP contribution in [0.2, 0.25) is 0 Å². The quantitative estimate of drug-likeness (QED) is 0.318. The first-order valence-electron chi connectivity index (χ1n) is 10.6. The normalized spacial score (nSPS) is 15.2. The second kappa shape index (κ2) is 9.87. The summed E-state index contributed by atoms with van der Waals surface area (Å²) in [6.45, 7) is 4.18. The fourth-order valence-electron chi connectivity index (χ4n) is 4.03. The highest BCUT2D eigenvalue weighted by Crippen LogP contribution is 2.32. The summed E-state index contributed by atoms with van der Waals surface area (Å²) in [4.78, 5) is 24.3. The van der Waals surface area contributed by atoms with Gasteiger partial charge in [-0.3, -0.25) is 14.9 Å². The predicted molar refractivity (Wildman–Crippen MR) is 127 cm³/mol. The number of hydrogen-bond acceptors (Lipinski definition) is 4. The maximum atomic E-state index is 13.5. The van der Waals surface area contributed by atoms with Gasteiger partial charge in [0.25, 0.3) is 5.69 Å². The van der Waals surface area contributed by atoms with Gasteiger partial charge in [0, 0.05) is 11.8 Å². The molecule has 0 aromatic heterocycles. The number of nitro groups is 1. The molecule has 0 unspecified atom stereocenters. The van der Waals surface area contributed by atoms with E-state index in [0.29, 0.717) is 18.5 Å². The lowest BCUT2D eigenvalue weighted by atomic mass is 9.80. The molecule has 1 amide bonds. The first kappa shape index (κ1) is 22.7. The van der Waals surface area contributed by atoms with Crippen LogP contribution in [0.15, 0.2) is 48.5 Å². The number of hydrogen-bond donors (Lipinski definition) is 3. The summed E-state index contributed by atoms with van der Waals surface area (Å²) in [5.41, 5.74) is 1.23. The summed E-state index contributed by atoms with van der Waals surface area (Å²) in [6, 6.07) is 14.1. The standard InChI is InChI=1S/C23H28N4O3S/c1-16(2)17-10-4-5-11-18(17)24-21(28)23(14-8-3-9-15-23)26-22(31)25-19-12-6-7-13-20(19)27(29)30/h4-7,10-13,16H,3,8-9,14-15H2,1-2H3,(H,24,28)(H2,25,26,31). The van der Waals surface area contributed by atoms with Crippen molar-refractivity contribution in [2.24, 2.45) is 0 Å². The van der Waals surface area contributed by atoms with Gasteiger partial charge in [-0.25, -0.2) is 0 Å². The number of nitrogens with zero attached hydrogens (tertiary/aromatic N) is 1. The number of thiocarbonyl (C=S) groups is 1. The highest BCUT2D eigenvalue weighted by atomic mass is 32.1. The van der Waals surface area contributed by atoms with Crippen LogP contribution in [0.3, 0.4) is 0 Å². The van der Waals surface area contributed by atoms with Crippen LogP contribution >= 0.6 is 12.2 Å². The van der Waals surface area contributed by atoms with Crippen molar-refractivity contribution in [2.75, 3.05) is 10.6 Å². The summed E-state index contributed by atoms with van der Waals surface area (Å²) in [7, 11) is 0. The van der Waals surface area contributed by atoms with Gasteiger partial charge in [0.1, 0.15) is 11.2 Å². The molecular weight excluding hydrogens is 412 g/mol. The van der Waals surface area contributed by atoms with Gasteiger partial charge in [-0.1, -0.05) is 63.4 Å². The Bertz CT molecular complexity index is 971. The van der Waals surface area contributed by atoms with Gasteiger partial charge in [-0.15, -0.1) is 0 Å². The molecule has 2 aromatic rings. The van der Waals surface area contributed by atoms with Crippen LogP contribution in [0.1, 0.15) is 57.4 Å². The topological polar surface area (TPSA) is 96.3 Å². The smallest absolute Gasteiger partial charge is 0.292 e. The third-order valence-corrected chi connectivity index (χ3v) is 5.88. The molecule has 8 heteroatoms. The van der Waals surface area contributed by atoms with E-state index in [9.17, 15) is 14.9 Å². The van der Waals surface area contributed by atoms with Crippen LogP contribution < -0.4 is 16.0 Å². The van der Waals surface area contributed by atoms with E-state index in [1.54, 1.807) is 18.2 Å². The third-order valence-electron chi connectivity index (χ3n) is 5.67. The number of nitrogens with one attached hydrogen (secondary N) is 3. The van der Waals surface area contributed by atoms with Gasteiger partial charge >= 0.3 is 0 Å². The molecule has 164 valence electrons. The van der Waals surface area contributed by atoms with Crippen molar-refractivity contribution in [3.05, 3.63) is 64.2 Å². The van der Waals surface area contributed by atoms with E-state index < -0.39 is 10.5 Å². The zero-order valence-electron chi connectivity index (χ0n) is 17.8. The number of carbonyl (C=O) groups is 1. The van der Waals surface area contributed by atoms with Gasteiger partial charge in [0.05, 0.1) is 4.92 Å². The molecule has 3 N–H and O–H groups in total. The minimum absolute atomic E-state index is 0.0698. The van der Waals surface area contributed by atoms with Crippen LogP contribution in [-0.2, 0) is 4.79 Å². The van der Waals surface area contributed by atoms with Crippen LogP contribution in [0.25, 0.3) is 0 Å². The molecule has 1 aliphatic carbocycles. The lowest BCUT2D eigenvalue weighted by molar-refractivity contribution is -0.383. The monoisotopic (exact) mass is 440 g/mol.